The fourth-order valence-electron chi connectivity index (χ4n) is 2.34. The second-order valence-electron chi connectivity index (χ2n) is 4.80. The van der Waals surface area contributed by atoms with Crippen molar-refractivity contribution in [2.75, 3.05) is 0 Å². The van der Waals surface area contributed by atoms with Crippen LogP contribution in [0.1, 0.15) is 30.4 Å². The lowest BCUT2D eigenvalue weighted by molar-refractivity contribution is -0.148. The number of aromatic nitrogens is 4. The van der Waals surface area contributed by atoms with Crippen LogP contribution in [0, 0.1) is 0 Å². The van der Waals surface area contributed by atoms with Gasteiger partial charge in [0, 0.05) is 12.7 Å². The Labute approximate surface area is 119 Å². The zero-order valence-corrected chi connectivity index (χ0v) is 11.0. The molecule has 8 heteroatoms. The maximum atomic E-state index is 14.1. The summed E-state index contributed by atoms with van der Waals surface area (Å²) in [7, 11) is 0. The number of pyridine rings is 1. The van der Waals surface area contributed by atoms with Gasteiger partial charge in [-0.15, -0.1) is 0 Å². The van der Waals surface area contributed by atoms with Crippen molar-refractivity contribution in [3.05, 3.63) is 42.2 Å². The number of fused-ring (bicyclic) bond motifs is 1. The van der Waals surface area contributed by atoms with Crippen molar-refractivity contribution in [2.45, 2.75) is 31.4 Å². The Kier molecular flexibility index (Phi) is 3.36. The molecule has 0 bridgehead atoms. The molecule has 0 aromatic carbocycles. The number of amides is 1. The number of nitrogens with zero attached hydrogens (tertiary/aromatic N) is 4. The van der Waals surface area contributed by atoms with Crippen LogP contribution >= 0.6 is 0 Å². The van der Waals surface area contributed by atoms with Crippen LogP contribution in [0.15, 0.2) is 30.7 Å². The van der Waals surface area contributed by atoms with E-state index in [2.05, 4.69) is 20.4 Å². The summed E-state index contributed by atoms with van der Waals surface area (Å²) in [6.07, 6.45) is 3.89. The number of halogens is 2. The van der Waals surface area contributed by atoms with E-state index in [4.69, 9.17) is 0 Å². The number of carbonyl (C=O) groups excluding carboxylic acids is 1. The van der Waals surface area contributed by atoms with Gasteiger partial charge in [-0.3, -0.25) is 9.78 Å². The summed E-state index contributed by atoms with van der Waals surface area (Å²) in [6.45, 7) is 0.679. The smallest absolute Gasteiger partial charge is 0.340 e. The molecule has 1 N–H and O–H groups in total. The first-order chi connectivity index (χ1) is 10.1. The first kappa shape index (κ1) is 13.6. The summed E-state index contributed by atoms with van der Waals surface area (Å²) in [5.74, 6) is -4.54. The third-order valence-corrected chi connectivity index (χ3v) is 3.40. The molecule has 0 aliphatic carbocycles. The van der Waals surface area contributed by atoms with Gasteiger partial charge in [0.2, 0.25) is 0 Å². The second kappa shape index (κ2) is 5.19. The van der Waals surface area contributed by atoms with E-state index in [1.165, 1.54) is 24.7 Å². The van der Waals surface area contributed by atoms with Gasteiger partial charge >= 0.3 is 5.92 Å². The van der Waals surface area contributed by atoms with Crippen molar-refractivity contribution in [1.82, 2.24) is 25.1 Å². The topological polar surface area (TPSA) is 72.7 Å². The average Bonchev–Trinajstić information content (AvgIpc) is 2.97. The molecule has 3 heterocycles. The van der Waals surface area contributed by atoms with E-state index < -0.39 is 23.6 Å². The van der Waals surface area contributed by atoms with Gasteiger partial charge in [-0.1, -0.05) is 6.07 Å². The van der Waals surface area contributed by atoms with Crippen LogP contribution in [-0.2, 0) is 17.3 Å². The maximum Gasteiger partial charge on any atom is 0.366 e. The molecular formula is C13H13F2N5O. The second-order valence-corrected chi connectivity index (χ2v) is 4.80. The van der Waals surface area contributed by atoms with Crippen molar-refractivity contribution in [2.24, 2.45) is 0 Å². The lowest BCUT2D eigenvalue weighted by atomic mass is 10.1. The molecular weight excluding hydrogens is 280 g/mol. The Morgan fingerprint density at radius 2 is 2.24 bits per heavy atom. The molecule has 0 unspecified atom stereocenters. The van der Waals surface area contributed by atoms with Crippen molar-refractivity contribution in [3.8, 4) is 0 Å². The Morgan fingerprint density at radius 3 is 3.00 bits per heavy atom. The highest BCUT2D eigenvalue weighted by atomic mass is 19.3. The lowest BCUT2D eigenvalue weighted by Gasteiger charge is -2.25. The highest BCUT2D eigenvalue weighted by molar-refractivity contribution is 5.84. The van der Waals surface area contributed by atoms with Crippen LogP contribution in [0.4, 0.5) is 8.78 Å². The molecule has 6 nitrogen and oxygen atoms in total. The fraction of sp³-hybridized carbons (Fsp3) is 0.385. The summed E-state index contributed by atoms with van der Waals surface area (Å²) in [4.78, 5) is 19.5. The Balaban J connectivity index is 1.79. The molecule has 0 saturated heterocycles. The first-order valence-electron chi connectivity index (χ1n) is 6.57. The maximum absolute atomic E-state index is 14.1. The van der Waals surface area contributed by atoms with Gasteiger partial charge in [0.25, 0.3) is 5.91 Å². The van der Waals surface area contributed by atoms with Crippen LogP contribution in [0.25, 0.3) is 0 Å². The van der Waals surface area contributed by atoms with Gasteiger partial charge < -0.3 is 5.32 Å². The molecule has 3 rings (SSSR count). The highest BCUT2D eigenvalue weighted by Crippen LogP contribution is 2.29. The molecule has 0 fully saturated rings. The van der Waals surface area contributed by atoms with E-state index in [1.54, 1.807) is 4.68 Å². The summed E-state index contributed by atoms with van der Waals surface area (Å²) in [5.41, 5.74) is -0.570. The van der Waals surface area contributed by atoms with E-state index in [-0.39, 0.29) is 0 Å². The normalized spacial score (nSPS) is 18.1. The molecule has 0 spiro atoms. The quantitative estimate of drug-likeness (QED) is 0.929. The number of rotatable bonds is 3. The molecule has 0 radical (unpaired) electrons. The number of aryl methyl sites for hydroxylation is 1. The van der Waals surface area contributed by atoms with Gasteiger partial charge in [0.15, 0.2) is 0 Å². The minimum absolute atomic E-state index is 0.506. The largest absolute Gasteiger partial charge is 0.366 e. The minimum atomic E-state index is -3.68. The fourth-order valence-corrected chi connectivity index (χ4v) is 2.34. The van der Waals surface area contributed by atoms with E-state index >= 15 is 0 Å². The van der Waals surface area contributed by atoms with E-state index in [0.717, 1.165) is 12.5 Å². The molecule has 1 amide bonds. The average molecular weight is 293 g/mol. The summed E-state index contributed by atoms with van der Waals surface area (Å²) < 4.78 is 29.8. The van der Waals surface area contributed by atoms with E-state index in [1.807, 2.05) is 0 Å². The molecule has 2 aromatic rings. The zero-order valence-electron chi connectivity index (χ0n) is 11.0. The molecule has 1 atom stereocenters. The Morgan fingerprint density at radius 1 is 1.38 bits per heavy atom. The van der Waals surface area contributed by atoms with Crippen LogP contribution in [0.2, 0.25) is 0 Å². The van der Waals surface area contributed by atoms with Gasteiger partial charge in [-0.25, -0.2) is 9.67 Å². The minimum Gasteiger partial charge on any atom is -0.340 e. The van der Waals surface area contributed by atoms with Gasteiger partial charge in [-0.05, 0) is 25.0 Å². The highest BCUT2D eigenvalue weighted by Gasteiger charge is 2.43. The molecule has 2 aromatic heterocycles. The number of hydrogen-bond acceptors (Lipinski definition) is 4. The predicted molar refractivity (Wildman–Crippen MR) is 68.3 cm³/mol. The summed E-state index contributed by atoms with van der Waals surface area (Å²) >= 11 is 0. The monoisotopic (exact) mass is 293 g/mol. The van der Waals surface area contributed by atoms with Gasteiger partial charge in [0.05, 0.1) is 6.04 Å². The third kappa shape index (κ3) is 2.48. The van der Waals surface area contributed by atoms with E-state index in [0.29, 0.717) is 18.8 Å². The summed E-state index contributed by atoms with van der Waals surface area (Å²) in [5, 5.41) is 6.34. The van der Waals surface area contributed by atoms with Gasteiger partial charge in [0.1, 0.15) is 17.8 Å². The Bertz CT molecular complexity index is 643. The SMILES string of the molecule is O=C(N[C@H]1CCCn2ncnc21)C(F)(F)c1ccccn1. The third-order valence-electron chi connectivity index (χ3n) is 3.40. The zero-order chi connectivity index (χ0) is 14.9. The standard InChI is InChI=1S/C13H13F2N5O/c14-13(15,10-5-1-2-6-16-10)12(21)19-9-4-3-7-20-11(9)17-8-18-20/h1-2,5-6,8-9H,3-4,7H2,(H,19,21)/t9-/m0/s1. The number of carbonyl (C=O) groups is 1. The Hall–Kier alpha value is -2.38. The van der Waals surface area contributed by atoms with Crippen molar-refractivity contribution in [3.63, 3.8) is 0 Å². The number of alkyl halides is 2. The van der Waals surface area contributed by atoms with Crippen molar-refractivity contribution < 1.29 is 13.6 Å². The van der Waals surface area contributed by atoms with Crippen LogP contribution in [0.3, 0.4) is 0 Å². The molecule has 21 heavy (non-hydrogen) atoms. The first-order valence-corrected chi connectivity index (χ1v) is 6.57. The molecule has 1 aliphatic heterocycles. The molecule has 0 saturated carbocycles. The van der Waals surface area contributed by atoms with Crippen LogP contribution in [-0.4, -0.2) is 25.7 Å². The van der Waals surface area contributed by atoms with E-state index in [9.17, 15) is 13.6 Å². The molecule has 110 valence electrons. The molecule has 1 aliphatic rings. The van der Waals surface area contributed by atoms with Crippen molar-refractivity contribution >= 4 is 5.91 Å². The van der Waals surface area contributed by atoms with Crippen LogP contribution in [0.5, 0.6) is 0 Å². The van der Waals surface area contributed by atoms with Gasteiger partial charge in [-0.2, -0.15) is 13.9 Å². The van der Waals surface area contributed by atoms with Crippen molar-refractivity contribution in [1.29, 1.82) is 0 Å². The van der Waals surface area contributed by atoms with Crippen LogP contribution < -0.4 is 5.32 Å². The summed E-state index contributed by atoms with van der Waals surface area (Å²) in [6, 6.07) is 3.51. The number of hydrogen-bond donors (Lipinski definition) is 1. The predicted octanol–water partition coefficient (Wildman–Crippen LogP) is 1.42. The lowest BCUT2D eigenvalue weighted by Crippen LogP contribution is -2.42. The number of nitrogens with one attached hydrogen (secondary N) is 1.